The molecule has 5 nitrogen and oxygen atoms in total. The number of hydrogen-bond donors (Lipinski definition) is 1. The molecule has 3 aromatic rings. The van der Waals surface area contributed by atoms with E-state index in [0.717, 1.165) is 16.9 Å². The molecule has 2 aromatic heterocycles. The molecule has 0 saturated heterocycles. The molecule has 0 bridgehead atoms. The van der Waals surface area contributed by atoms with Crippen molar-refractivity contribution >= 4 is 5.91 Å². The highest BCUT2D eigenvalue weighted by atomic mass is 16.5. The van der Waals surface area contributed by atoms with E-state index in [9.17, 15) is 4.79 Å². The van der Waals surface area contributed by atoms with Gasteiger partial charge in [-0.2, -0.15) is 0 Å². The molecule has 25 heavy (non-hydrogen) atoms. The van der Waals surface area contributed by atoms with Crippen LogP contribution in [0.2, 0.25) is 0 Å². The summed E-state index contributed by atoms with van der Waals surface area (Å²) in [6, 6.07) is 16.8. The van der Waals surface area contributed by atoms with E-state index >= 15 is 0 Å². The lowest BCUT2D eigenvalue weighted by molar-refractivity contribution is -0.121. The Bertz CT molecular complexity index is 805. The smallest absolute Gasteiger partial charge is 0.233 e. The van der Waals surface area contributed by atoms with Gasteiger partial charge in [0.05, 0.1) is 12.8 Å². The molecule has 1 atom stereocenters. The van der Waals surface area contributed by atoms with Crippen molar-refractivity contribution in [2.24, 2.45) is 0 Å². The third-order valence-electron chi connectivity index (χ3n) is 3.91. The number of ether oxygens (including phenoxy) is 1. The third-order valence-corrected chi connectivity index (χ3v) is 3.91. The lowest BCUT2D eigenvalue weighted by atomic mass is 9.94. The molecule has 126 valence electrons. The van der Waals surface area contributed by atoms with Gasteiger partial charge in [-0.15, -0.1) is 0 Å². The fraction of sp³-hybridized carbons (Fsp3) is 0.150. The molecule has 0 saturated carbocycles. The van der Waals surface area contributed by atoms with Gasteiger partial charge in [-0.1, -0.05) is 18.2 Å². The SMILES string of the molecule is COc1ccc(C(C(=O)NCc2ccncc2)c2ccccn2)cc1. The molecule has 0 spiro atoms. The molecule has 1 N–H and O–H groups in total. The van der Waals surface area contributed by atoms with E-state index in [0.29, 0.717) is 12.2 Å². The summed E-state index contributed by atoms with van der Waals surface area (Å²) in [6.45, 7) is 0.445. The predicted molar refractivity (Wildman–Crippen MR) is 95.2 cm³/mol. The first-order chi connectivity index (χ1) is 12.3. The quantitative estimate of drug-likeness (QED) is 0.753. The Balaban J connectivity index is 1.84. The van der Waals surface area contributed by atoms with Crippen LogP contribution in [0.4, 0.5) is 0 Å². The van der Waals surface area contributed by atoms with Crippen molar-refractivity contribution in [2.45, 2.75) is 12.5 Å². The zero-order valence-electron chi connectivity index (χ0n) is 13.9. The second-order valence-corrected chi connectivity index (χ2v) is 5.53. The van der Waals surface area contributed by atoms with Crippen molar-refractivity contribution in [3.8, 4) is 5.75 Å². The van der Waals surface area contributed by atoms with E-state index in [4.69, 9.17) is 4.74 Å². The van der Waals surface area contributed by atoms with Gasteiger partial charge in [0.25, 0.3) is 0 Å². The van der Waals surface area contributed by atoms with Crippen LogP contribution in [0.1, 0.15) is 22.7 Å². The minimum Gasteiger partial charge on any atom is -0.497 e. The molecule has 5 heteroatoms. The maximum absolute atomic E-state index is 12.9. The van der Waals surface area contributed by atoms with Crippen molar-refractivity contribution in [1.29, 1.82) is 0 Å². The van der Waals surface area contributed by atoms with Crippen LogP contribution in [0.25, 0.3) is 0 Å². The highest BCUT2D eigenvalue weighted by Gasteiger charge is 2.23. The number of pyridine rings is 2. The predicted octanol–water partition coefficient (Wildman–Crippen LogP) is 2.93. The van der Waals surface area contributed by atoms with Crippen molar-refractivity contribution in [3.05, 3.63) is 90.0 Å². The molecule has 0 aliphatic heterocycles. The fourth-order valence-corrected chi connectivity index (χ4v) is 2.59. The van der Waals surface area contributed by atoms with Gasteiger partial charge in [0.15, 0.2) is 0 Å². The molecule has 1 aromatic carbocycles. The van der Waals surface area contributed by atoms with Crippen LogP contribution in [-0.2, 0) is 11.3 Å². The lowest BCUT2D eigenvalue weighted by Gasteiger charge is -2.17. The van der Waals surface area contributed by atoms with Gasteiger partial charge in [0.1, 0.15) is 11.7 Å². The number of nitrogens with zero attached hydrogens (tertiary/aromatic N) is 2. The van der Waals surface area contributed by atoms with Crippen molar-refractivity contribution in [2.75, 3.05) is 7.11 Å². The monoisotopic (exact) mass is 333 g/mol. The van der Waals surface area contributed by atoms with Gasteiger partial charge >= 0.3 is 0 Å². The molecular weight excluding hydrogens is 314 g/mol. The van der Waals surface area contributed by atoms with E-state index < -0.39 is 5.92 Å². The summed E-state index contributed by atoms with van der Waals surface area (Å²) in [4.78, 5) is 21.2. The first-order valence-corrected chi connectivity index (χ1v) is 7.99. The Labute approximate surface area is 146 Å². The van der Waals surface area contributed by atoms with E-state index in [-0.39, 0.29) is 5.91 Å². The van der Waals surface area contributed by atoms with Crippen LogP contribution >= 0.6 is 0 Å². The number of amides is 1. The average Bonchev–Trinajstić information content (AvgIpc) is 2.69. The van der Waals surface area contributed by atoms with Gasteiger partial charge in [-0.3, -0.25) is 14.8 Å². The molecule has 3 rings (SSSR count). The molecule has 1 amide bonds. The Morgan fingerprint density at radius 1 is 1.04 bits per heavy atom. The number of carbonyl (C=O) groups excluding carboxylic acids is 1. The average molecular weight is 333 g/mol. The molecule has 1 unspecified atom stereocenters. The number of methoxy groups -OCH3 is 1. The van der Waals surface area contributed by atoms with E-state index in [1.165, 1.54) is 0 Å². The Hall–Kier alpha value is -3.21. The van der Waals surface area contributed by atoms with Crippen LogP contribution in [0.3, 0.4) is 0 Å². The Morgan fingerprint density at radius 3 is 2.44 bits per heavy atom. The van der Waals surface area contributed by atoms with Crippen LogP contribution in [0, 0.1) is 0 Å². The number of rotatable bonds is 6. The normalized spacial score (nSPS) is 11.6. The molecule has 2 heterocycles. The van der Waals surface area contributed by atoms with E-state index in [1.807, 2.05) is 54.6 Å². The first-order valence-electron chi connectivity index (χ1n) is 7.99. The molecule has 0 fully saturated rings. The summed E-state index contributed by atoms with van der Waals surface area (Å²) in [6.07, 6.45) is 5.12. The van der Waals surface area contributed by atoms with Crippen molar-refractivity contribution in [3.63, 3.8) is 0 Å². The van der Waals surface area contributed by atoms with E-state index in [2.05, 4.69) is 15.3 Å². The van der Waals surface area contributed by atoms with Gasteiger partial charge in [0, 0.05) is 25.1 Å². The number of carbonyl (C=O) groups is 1. The lowest BCUT2D eigenvalue weighted by Crippen LogP contribution is -2.30. The van der Waals surface area contributed by atoms with Crippen molar-refractivity contribution < 1.29 is 9.53 Å². The summed E-state index contributed by atoms with van der Waals surface area (Å²) in [5, 5.41) is 2.99. The minimum atomic E-state index is -0.478. The fourth-order valence-electron chi connectivity index (χ4n) is 2.59. The maximum Gasteiger partial charge on any atom is 0.233 e. The van der Waals surface area contributed by atoms with Gasteiger partial charge in [-0.25, -0.2) is 0 Å². The van der Waals surface area contributed by atoms with E-state index in [1.54, 1.807) is 25.7 Å². The topological polar surface area (TPSA) is 64.1 Å². The van der Waals surface area contributed by atoms with Crippen LogP contribution in [0.15, 0.2) is 73.2 Å². The van der Waals surface area contributed by atoms with Gasteiger partial charge < -0.3 is 10.1 Å². The molecule has 0 aliphatic rings. The molecule has 0 aliphatic carbocycles. The second-order valence-electron chi connectivity index (χ2n) is 5.53. The number of hydrogen-bond acceptors (Lipinski definition) is 4. The maximum atomic E-state index is 12.9. The zero-order chi connectivity index (χ0) is 17.5. The largest absolute Gasteiger partial charge is 0.497 e. The van der Waals surface area contributed by atoms with Crippen LogP contribution in [0.5, 0.6) is 5.75 Å². The number of nitrogens with one attached hydrogen (secondary N) is 1. The minimum absolute atomic E-state index is 0.0966. The zero-order valence-corrected chi connectivity index (χ0v) is 13.9. The molecule has 0 radical (unpaired) electrons. The van der Waals surface area contributed by atoms with Crippen LogP contribution < -0.4 is 10.1 Å². The standard InChI is InChI=1S/C20H19N3O2/c1-25-17-7-5-16(6-8-17)19(18-4-2-3-11-22-18)20(24)23-14-15-9-12-21-13-10-15/h2-13,19H,14H2,1H3,(H,23,24). The first kappa shape index (κ1) is 16.6. The Kier molecular flexibility index (Phi) is 5.36. The number of benzene rings is 1. The summed E-state index contributed by atoms with van der Waals surface area (Å²) in [7, 11) is 1.62. The van der Waals surface area contributed by atoms with Gasteiger partial charge in [0.2, 0.25) is 5.91 Å². The summed E-state index contributed by atoms with van der Waals surface area (Å²) >= 11 is 0. The van der Waals surface area contributed by atoms with Gasteiger partial charge in [-0.05, 0) is 47.5 Å². The summed E-state index contributed by atoms with van der Waals surface area (Å²) < 4.78 is 5.20. The second kappa shape index (κ2) is 8.06. The number of aromatic nitrogens is 2. The Morgan fingerprint density at radius 2 is 1.80 bits per heavy atom. The van der Waals surface area contributed by atoms with Crippen molar-refractivity contribution in [1.82, 2.24) is 15.3 Å². The third kappa shape index (κ3) is 4.20. The van der Waals surface area contributed by atoms with Crippen LogP contribution in [-0.4, -0.2) is 23.0 Å². The molecular formula is C20H19N3O2. The summed E-state index contributed by atoms with van der Waals surface area (Å²) in [5.74, 6) is 0.176. The highest BCUT2D eigenvalue weighted by molar-refractivity contribution is 5.86. The summed E-state index contributed by atoms with van der Waals surface area (Å²) in [5.41, 5.74) is 2.57. The highest BCUT2D eigenvalue weighted by Crippen LogP contribution is 2.25.